The topological polar surface area (TPSA) is 78.1 Å². The number of benzene rings is 1. The molecule has 0 aliphatic heterocycles. The summed E-state index contributed by atoms with van der Waals surface area (Å²) in [5.74, 6) is 0.242. The van der Waals surface area contributed by atoms with E-state index in [1.54, 1.807) is 18.5 Å². The van der Waals surface area contributed by atoms with Gasteiger partial charge in [-0.15, -0.1) is 0 Å². The standard InChI is InChI=1S/C20H21N3O3/c1-3-14(2)18(15-8-5-4-6-9-15)20(24)25-13-17-22-19(23-26-17)16-10-7-11-21-12-16/h4-12,14,18H,3,13H2,1-2H3/t14-,18-/m0/s1. The van der Waals surface area contributed by atoms with Crippen LogP contribution in [0.5, 0.6) is 0 Å². The van der Waals surface area contributed by atoms with E-state index in [4.69, 9.17) is 9.26 Å². The Bertz CT molecular complexity index is 834. The minimum Gasteiger partial charge on any atom is -0.455 e. The second kappa shape index (κ2) is 8.38. The van der Waals surface area contributed by atoms with Crippen LogP contribution in [0.1, 0.15) is 37.6 Å². The first kappa shape index (κ1) is 17.8. The number of hydrogen-bond acceptors (Lipinski definition) is 6. The number of carbonyl (C=O) groups excluding carboxylic acids is 1. The molecule has 26 heavy (non-hydrogen) atoms. The van der Waals surface area contributed by atoms with E-state index >= 15 is 0 Å². The lowest BCUT2D eigenvalue weighted by molar-refractivity contribution is -0.149. The van der Waals surface area contributed by atoms with Crippen LogP contribution in [0.3, 0.4) is 0 Å². The van der Waals surface area contributed by atoms with Gasteiger partial charge in [0.15, 0.2) is 6.61 Å². The monoisotopic (exact) mass is 351 g/mol. The first-order valence-corrected chi connectivity index (χ1v) is 8.63. The van der Waals surface area contributed by atoms with E-state index in [-0.39, 0.29) is 30.3 Å². The molecule has 134 valence electrons. The maximum absolute atomic E-state index is 12.7. The Morgan fingerprint density at radius 2 is 2.00 bits per heavy atom. The third-order valence-electron chi connectivity index (χ3n) is 4.35. The van der Waals surface area contributed by atoms with Gasteiger partial charge in [-0.3, -0.25) is 9.78 Å². The highest BCUT2D eigenvalue weighted by atomic mass is 16.6. The van der Waals surface area contributed by atoms with Gasteiger partial charge < -0.3 is 9.26 Å². The molecule has 0 bridgehead atoms. The molecule has 2 heterocycles. The van der Waals surface area contributed by atoms with E-state index in [0.717, 1.165) is 17.5 Å². The average Bonchev–Trinajstić information content (AvgIpc) is 3.17. The van der Waals surface area contributed by atoms with Crippen molar-refractivity contribution in [2.75, 3.05) is 0 Å². The second-order valence-electron chi connectivity index (χ2n) is 6.14. The Labute approximate surface area is 152 Å². The molecule has 0 aliphatic rings. The van der Waals surface area contributed by atoms with Gasteiger partial charge in [0.05, 0.1) is 5.92 Å². The maximum Gasteiger partial charge on any atom is 0.314 e. The summed E-state index contributed by atoms with van der Waals surface area (Å²) in [6.07, 6.45) is 4.19. The molecule has 2 aromatic heterocycles. The van der Waals surface area contributed by atoms with Gasteiger partial charge in [0.1, 0.15) is 0 Å². The molecule has 6 heteroatoms. The van der Waals surface area contributed by atoms with Crippen LogP contribution in [0.2, 0.25) is 0 Å². The third-order valence-corrected chi connectivity index (χ3v) is 4.35. The normalized spacial score (nSPS) is 13.2. The summed E-state index contributed by atoms with van der Waals surface area (Å²) in [4.78, 5) is 20.9. The smallest absolute Gasteiger partial charge is 0.314 e. The summed E-state index contributed by atoms with van der Waals surface area (Å²) in [7, 11) is 0. The minimum absolute atomic E-state index is 0.0497. The second-order valence-corrected chi connectivity index (χ2v) is 6.14. The van der Waals surface area contributed by atoms with Crippen LogP contribution in [0, 0.1) is 5.92 Å². The molecule has 0 amide bonds. The Kier molecular flexibility index (Phi) is 5.73. The molecule has 0 radical (unpaired) electrons. The summed E-state index contributed by atoms with van der Waals surface area (Å²) in [5.41, 5.74) is 1.70. The van der Waals surface area contributed by atoms with Crippen LogP contribution in [0.25, 0.3) is 11.4 Å². The molecule has 0 fully saturated rings. The fourth-order valence-electron chi connectivity index (χ4n) is 2.74. The highest BCUT2D eigenvalue weighted by molar-refractivity contribution is 5.78. The lowest BCUT2D eigenvalue weighted by Crippen LogP contribution is -2.22. The molecule has 0 N–H and O–H groups in total. The minimum atomic E-state index is -0.318. The van der Waals surface area contributed by atoms with Gasteiger partial charge in [0, 0.05) is 18.0 Å². The quantitative estimate of drug-likeness (QED) is 0.599. The lowest BCUT2D eigenvalue weighted by atomic mass is 9.86. The van der Waals surface area contributed by atoms with Gasteiger partial charge in [-0.05, 0) is 23.6 Å². The Hall–Kier alpha value is -3.02. The number of aromatic nitrogens is 3. The van der Waals surface area contributed by atoms with Crippen molar-refractivity contribution in [1.82, 2.24) is 15.1 Å². The van der Waals surface area contributed by atoms with Crippen molar-refractivity contribution in [3.63, 3.8) is 0 Å². The van der Waals surface area contributed by atoms with E-state index in [2.05, 4.69) is 22.0 Å². The molecule has 0 unspecified atom stereocenters. The van der Waals surface area contributed by atoms with Crippen molar-refractivity contribution in [3.8, 4) is 11.4 Å². The van der Waals surface area contributed by atoms with Crippen molar-refractivity contribution < 1.29 is 14.1 Å². The molecule has 1 aromatic carbocycles. The summed E-state index contributed by atoms with van der Waals surface area (Å²) >= 11 is 0. The van der Waals surface area contributed by atoms with E-state index in [1.165, 1.54) is 0 Å². The van der Waals surface area contributed by atoms with Crippen molar-refractivity contribution in [1.29, 1.82) is 0 Å². The van der Waals surface area contributed by atoms with Crippen molar-refractivity contribution in [2.45, 2.75) is 32.8 Å². The van der Waals surface area contributed by atoms with Gasteiger partial charge in [-0.1, -0.05) is 55.8 Å². The van der Waals surface area contributed by atoms with Gasteiger partial charge >= 0.3 is 5.97 Å². The molecular formula is C20H21N3O3. The molecular weight excluding hydrogens is 330 g/mol. The van der Waals surface area contributed by atoms with Gasteiger partial charge in [0.2, 0.25) is 5.82 Å². The Balaban J connectivity index is 1.68. The van der Waals surface area contributed by atoms with Crippen LogP contribution in [0.4, 0.5) is 0 Å². The van der Waals surface area contributed by atoms with Crippen LogP contribution in [-0.2, 0) is 16.1 Å². The predicted molar refractivity (Wildman–Crippen MR) is 96.0 cm³/mol. The summed E-state index contributed by atoms with van der Waals surface area (Å²) < 4.78 is 10.6. The van der Waals surface area contributed by atoms with Crippen LogP contribution in [0.15, 0.2) is 59.4 Å². The van der Waals surface area contributed by atoms with Crippen LogP contribution in [-0.4, -0.2) is 21.1 Å². The first-order valence-electron chi connectivity index (χ1n) is 8.63. The van der Waals surface area contributed by atoms with E-state index in [0.29, 0.717) is 5.82 Å². The van der Waals surface area contributed by atoms with Crippen molar-refractivity contribution >= 4 is 5.97 Å². The average molecular weight is 351 g/mol. The van der Waals surface area contributed by atoms with Crippen molar-refractivity contribution in [3.05, 3.63) is 66.3 Å². The fourth-order valence-corrected chi connectivity index (χ4v) is 2.74. The van der Waals surface area contributed by atoms with E-state index in [1.807, 2.05) is 43.3 Å². The molecule has 3 aromatic rings. The number of pyridine rings is 1. The maximum atomic E-state index is 12.7. The zero-order chi connectivity index (χ0) is 18.4. The van der Waals surface area contributed by atoms with E-state index < -0.39 is 0 Å². The lowest BCUT2D eigenvalue weighted by Gasteiger charge is -2.21. The summed E-state index contributed by atoms with van der Waals surface area (Å²) in [5, 5.41) is 3.90. The third kappa shape index (κ3) is 4.14. The van der Waals surface area contributed by atoms with Gasteiger partial charge in [0.25, 0.3) is 5.89 Å². The molecule has 2 atom stereocenters. The molecule has 0 saturated heterocycles. The number of rotatable bonds is 7. The number of hydrogen-bond donors (Lipinski definition) is 0. The number of nitrogens with zero attached hydrogens (tertiary/aromatic N) is 3. The molecule has 0 saturated carbocycles. The van der Waals surface area contributed by atoms with Crippen molar-refractivity contribution in [2.24, 2.45) is 5.92 Å². The molecule has 3 rings (SSSR count). The number of ether oxygens (including phenoxy) is 1. The van der Waals surface area contributed by atoms with Crippen LogP contribution >= 0.6 is 0 Å². The van der Waals surface area contributed by atoms with Gasteiger partial charge in [-0.25, -0.2) is 0 Å². The van der Waals surface area contributed by atoms with Crippen LogP contribution < -0.4 is 0 Å². The SMILES string of the molecule is CC[C@H](C)[C@H](C(=O)OCc1nc(-c2cccnc2)no1)c1ccccc1. The summed E-state index contributed by atoms with van der Waals surface area (Å²) in [6.45, 7) is 4.06. The zero-order valence-corrected chi connectivity index (χ0v) is 14.8. The first-order chi connectivity index (χ1) is 12.7. The highest BCUT2D eigenvalue weighted by Crippen LogP contribution is 2.28. The number of esters is 1. The number of carbonyl (C=O) groups is 1. The molecule has 0 spiro atoms. The summed E-state index contributed by atoms with van der Waals surface area (Å²) in [6, 6.07) is 13.3. The fraction of sp³-hybridized carbons (Fsp3) is 0.300. The van der Waals surface area contributed by atoms with E-state index in [9.17, 15) is 4.79 Å². The zero-order valence-electron chi connectivity index (χ0n) is 14.8. The highest BCUT2D eigenvalue weighted by Gasteiger charge is 2.27. The molecule has 6 nitrogen and oxygen atoms in total. The largest absolute Gasteiger partial charge is 0.455 e. The predicted octanol–water partition coefficient (Wildman–Crippen LogP) is 4.00. The van der Waals surface area contributed by atoms with Gasteiger partial charge in [-0.2, -0.15) is 4.98 Å². The Morgan fingerprint density at radius 1 is 1.19 bits per heavy atom. The Morgan fingerprint density at radius 3 is 2.69 bits per heavy atom. The molecule has 0 aliphatic carbocycles.